The first-order chi connectivity index (χ1) is 26.5. The molecule has 8 nitrogen and oxygen atoms in total. The molecular weight excluding hydrogens is 768 g/mol. The number of ether oxygens (including phenoxy) is 2. The van der Waals surface area contributed by atoms with Crippen molar-refractivity contribution in [2.45, 2.75) is 101 Å². The van der Waals surface area contributed by atoms with Gasteiger partial charge in [-0.15, -0.1) is 17.8 Å². The average Bonchev–Trinajstić information content (AvgIpc) is 3.64. The van der Waals surface area contributed by atoms with Crippen molar-refractivity contribution in [3.63, 3.8) is 0 Å². The zero-order valence-corrected chi connectivity index (χ0v) is 31.7. The Bertz CT molecular complexity index is 1930. The summed E-state index contributed by atoms with van der Waals surface area (Å²) >= 11 is 0.356. The Morgan fingerprint density at radius 3 is 2.38 bits per heavy atom. The van der Waals surface area contributed by atoms with E-state index in [0.717, 1.165) is 34.7 Å². The first-order valence-electron chi connectivity index (χ1n) is 18.3. The molecule has 4 heterocycles. The molecule has 56 heavy (non-hydrogen) atoms. The number of alkyl halides is 6. The molecule has 2 aliphatic rings. The molecule has 0 bridgehead atoms. The van der Waals surface area contributed by atoms with Crippen LogP contribution in [0.3, 0.4) is 0 Å². The molecule has 16 heteroatoms. The fraction of sp³-hybridized carbons (Fsp3) is 0.500. The molecule has 5 rings (SSSR count). The maximum absolute atomic E-state index is 15.3. The number of ketones is 1. The molecule has 0 aliphatic carbocycles. The second-order valence-corrected chi connectivity index (χ2v) is 15.0. The second kappa shape index (κ2) is 17.2. The molecule has 2 aromatic heterocycles. The van der Waals surface area contributed by atoms with Gasteiger partial charge in [-0.25, -0.2) is 4.39 Å². The number of piperidine rings is 2. The van der Waals surface area contributed by atoms with Crippen molar-refractivity contribution in [1.82, 2.24) is 14.8 Å². The molecular formula is C40H42F7N3O5S. The Hall–Kier alpha value is -4.65. The molecule has 2 atom stereocenters. The minimum Gasteiger partial charge on any atom is -0.490 e. The zero-order chi connectivity index (χ0) is 40.9. The van der Waals surface area contributed by atoms with E-state index < -0.39 is 63.2 Å². The number of amides is 2. The lowest BCUT2D eigenvalue weighted by Crippen LogP contribution is -2.68. The van der Waals surface area contributed by atoms with Crippen LogP contribution in [0.1, 0.15) is 98.1 Å². The summed E-state index contributed by atoms with van der Waals surface area (Å²) in [5.41, 5.74) is -4.85. The van der Waals surface area contributed by atoms with Crippen LogP contribution < -0.4 is 9.47 Å². The molecule has 0 saturated carbocycles. The fourth-order valence-electron chi connectivity index (χ4n) is 7.61. The smallest absolute Gasteiger partial charge is 0.425 e. The van der Waals surface area contributed by atoms with Gasteiger partial charge >= 0.3 is 12.4 Å². The second-order valence-electron chi connectivity index (χ2n) is 14.1. The number of hydrogen-bond acceptors (Lipinski definition) is 7. The van der Waals surface area contributed by atoms with Crippen molar-refractivity contribution < 1.29 is 54.6 Å². The van der Waals surface area contributed by atoms with Crippen molar-refractivity contribution in [3.05, 3.63) is 75.5 Å². The lowest BCUT2D eigenvalue weighted by Gasteiger charge is -2.51. The van der Waals surface area contributed by atoms with Gasteiger partial charge < -0.3 is 24.1 Å². The summed E-state index contributed by atoms with van der Waals surface area (Å²) in [5, 5.41) is 1.10. The van der Waals surface area contributed by atoms with Crippen LogP contribution in [-0.2, 0) is 27.4 Å². The summed E-state index contributed by atoms with van der Waals surface area (Å²) in [4.78, 5) is 45.8. The maximum atomic E-state index is 15.3. The van der Waals surface area contributed by atoms with Crippen LogP contribution in [0.25, 0.3) is 0 Å². The Kier molecular flexibility index (Phi) is 13.1. The number of aromatic nitrogens is 1. The van der Waals surface area contributed by atoms with Gasteiger partial charge in [0.1, 0.15) is 22.1 Å². The van der Waals surface area contributed by atoms with Gasteiger partial charge in [0, 0.05) is 55.7 Å². The molecule has 2 fully saturated rings. The molecule has 2 saturated heterocycles. The van der Waals surface area contributed by atoms with Gasteiger partial charge in [-0.1, -0.05) is 31.4 Å². The highest BCUT2D eigenvalue weighted by Crippen LogP contribution is 2.45. The van der Waals surface area contributed by atoms with Gasteiger partial charge in [-0.05, 0) is 63.6 Å². The lowest BCUT2D eigenvalue weighted by atomic mass is 9.72. The predicted octanol–water partition coefficient (Wildman–Crippen LogP) is 8.87. The van der Waals surface area contributed by atoms with Gasteiger partial charge in [0.05, 0.1) is 23.6 Å². The number of hydrogen-bond donors (Lipinski definition) is 0. The topological polar surface area (TPSA) is 89.0 Å². The number of thiophene rings is 1. The van der Waals surface area contributed by atoms with Crippen LogP contribution in [0.15, 0.2) is 48.0 Å². The Labute approximate surface area is 324 Å². The van der Waals surface area contributed by atoms with E-state index in [4.69, 9.17) is 15.9 Å². The van der Waals surface area contributed by atoms with E-state index in [-0.39, 0.29) is 75.6 Å². The van der Waals surface area contributed by atoms with E-state index in [1.54, 1.807) is 13.0 Å². The van der Waals surface area contributed by atoms with Crippen LogP contribution in [0.5, 0.6) is 11.5 Å². The summed E-state index contributed by atoms with van der Waals surface area (Å²) in [7, 11) is 0. The van der Waals surface area contributed by atoms with Crippen LogP contribution in [0.4, 0.5) is 30.7 Å². The van der Waals surface area contributed by atoms with Crippen molar-refractivity contribution >= 4 is 28.9 Å². The standard InChI is InChI=1S/C40H42F7N3O5S/c1-4-11-31-38(55-27-24-32(56-25-27)40(45,46)47,16-10-20-50(31)35(52)33-28(39(42,43)44)14-9-19-48-33)36(53)49-21-17-37(5-2,18-22-49)29-13-8-15-30(41)34(29)54-23-7-6-12-26(3)51/h2,8-9,13-15,19,24-25,31H,4,6-7,10-12,16-18,20-23H2,1,3H3/t31-,38?/m1/s1. The maximum Gasteiger partial charge on any atom is 0.425 e. The number of pyridine rings is 1. The van der Waals surface area contributed by atoms with E-state index in [2.05, 4.69) is 10.9 Å². The highest BCUT2D eigenvalue weighted by atomic mass is 32.1. The monoisotopic (exact) mass is 809 g/mol. The number of halogens is 7. The number of benzene rings is 1. The average molecular weight is 810 g/mol. The van der Waals surface area contributed by atoms with Crippen molar-refractivity contribution in [2.24, 2.45) is 0 Å². The van der Waals surface area contributed by atoms with Crippen LogP contribution in [0.2, 0.25) is 0 Å². The molecule has 3 aromatic rings. The SMILES string of the molecule is C#CC1(c2cccc(F)c2OCCCCC(C)=O)CCN(C(=O)C2(Oc3csc(C(F)(F)F)c3)CCCN(C(=O)c3ncccc3C(F)(F)F)[C@@H]2CCC)CC1. The van der Waals surface area contributed by atoms with Crippen LogP contribution in [-0.4, -0.2) is 70.3 Å². The van der Waals surface area contributed by atoms with Gasteiger partial charge in [0.25, 0.3) is 11.8 Å². The third-order valence-electron chi connectivity index (χ3n) is 10.3. The highest BCUT2D eigenvalue weighted by molar-refractivity contribution is 7.10. The number of terminal acetylenes is 1. The van der Waals surface area contributed by atoms with Crippen LogP contribution >= 0.6 is 11.3 Å². The Morgan fingerprint density at radius 2 is 1.75 bits per heavy atom. The minimum atomic E-state index is -4.93. The van der Waals surface area contributed by atoms with Crippen LogP contribution in [0, 0.1) is 18.2 Å². The Balaban J connectivity index is 1.49. The molecule has 1 unspecified atom stereocenters. The van der Waals surface area contributed by atoms with Gasteiger partial charge in [0.15, 0.2) is 11.6 Å². The molecule has 302 valence electrons. The highest BCUT2D eigenvalue weighted by Gasteiger charge is 2.57. The molecule has 1 aromatic carbocycles. The summed E-state index contributed by atoms with van der Waals surface area (Å²) in [6.07, 6.45) is -0.430. The third-order valence-corrected chi connectivity index (χ3v) is 11.3. The van der Waals surface area contributed by atoms with Crippen molar-refractivity contribution in [2.75, 3.05) is 26.2 Å². The molecule has 2 amide bonds. The minimum absolute atomic E-state index is 0.00853. The molecule has 0 radical (unpaired) electrons. The quantitative estimate of drug-likeness (QED) is 0.0975. The largest absolute Gasteiger partial charge is 0.490 e. The zero-order valence-electron chi connectivity index (χ0n) is 30.9. The van der Waals surface area contributed by atoms with Gasteiger partial charge in [-0.3, -0.25) is 14.6 Å². The number of para-hydroxylation sites is 1. The third kappa shape index (κ3) is 8.98. The number of carbonyl (C=O) groups excluding carboxylic acids is 3. The van der Waals surface area contributed by atoms with Gasteiger partial charge in [0.2, 0.25) is 5.60 Å². The number of rotatable bonds is 13. The number of likely N-dealkylation sites (tertiary alicyclic amines) is 2. The van der Waals surface area contributed by atoms with E-state index in [0.29, 0.717) is 42.6 Å². The normalized spacial score (nSPS) is 20.0. The molecule has 2 aliphatic heterocycles. The summed E-state index contributed by atoms with van der Waals surface area (Å²) in [6, 6.07) is 5.72. The first kappa shape index (κ1) is 42.5. The van der Waals surface area contributed by atoms with Crippen molar-refractivity contribution in [1.29, 1.82) is 0 Å². The molecule has 0 N–H and O–H groups in total. The number of unbranched alkanes of at least 4 members (excludes halogenated alkanes) is 1. The summed E-state index contributed by atoms with van der Waals surface area (Å²) < 4.78 is 111. The van der Waals surface area contributed by atoms with E-state index in [1.807, 2.05) is 0 Å². The van der Waals surface area contributed by atoms with Gasteiger partial charge in [-0.2, -0.15) is 26.3 Å². The first-order valence-corrected chi connectivity index (χ1v) is 19.2. The number of nitrogens with zero attached hydrogens (tertiary/aromatic N) is 3. The van der Waals surface area contributed by atoms with E-state index >= 15 is 4.39 Å². The van der Waals surface area contributed by atoms with E-state index in [9.17, 15) is 40.7 Å². The fourth-order valence-corrected chi connectivity index (χ4v) is 8.29. The summed E-state index contributed by atoms with van der Waals surface area (Å²) in [5.74, 6) is 0.0955. The predicted molar refractivity (Wildman–Crippen MR) is 194 cm³/mol. The van der Waals surface area contributed by atoms with E-state index in [1.165, 1.54) is 24.0 Å². The molecule has 0 spiro atoms. The Morgan fingerprint density at radius 1 is 1.02 bits per heavy atom. The number of Topliss-reactive ketones (excluding diaryl/α,β-unsaturated/α-hetero) is 1. The number of carbonyl (C=O) groups is 3. The lowest BCUT2D eigenvalue weighted by molar-refractivity contribution is -0.160. The van der Waals surface area contributed by atoms with Crippen molar-refractivity contribution in [3.8, 4) is 23.8 Å². The summed E-state index contributed by atoms with van der Waals surface area (Å²) in [6.45, 7) is 3.26.